The minimum absolute atomic E-state index is 0.685. The first kappa shape index (κ1) is 7.28. The monoisotopic (exact) mass is 154 g/mol. The normalized spacial score (nSPS) is 9.20. The Balaban J connectivity index is 2.21. The van der Waals surface area contributed by atoms with Crippen molar-refractivity contribution in [2.24, 2.45) is 0 Å². The highest BCUT2D eigenvalue weighted by molar-refractivity contribution is 7.09. The maximum atomic E-state index is 9.70. The zero-order valence-corrected chi connectivity index (χ0v) is 6.28. The molecule has 0 unspecified atom stereocenters. The summed E-state index contributed by atoms with van der Waals surface area (Å²) in [5.41, 5.74) is 0. The van der Waals surface area contributed by atoms with Gasteiger partial charge in [-0.3, -0.25) is 4.79 Å². The molecule has 1 rings (SSSR count). The number of hydrogen-bond acceptors (Lipinski definition) is 2. The maximum absolute atomic E-state index is 9.70. The summed E-state index contributed by atoms with van der Waals surface area (Å²) in [6.45, 7) is 0.685. The van der Waals surface area contributed by atoms with Gasteiger partial charge in [-0.15, -0.1) is 11.3 Å². The number of carbonyl (C=O) groups excluding carboxylic acids is 1. The average Bonchev–Trinajstić information content (AvgIpc) is 2.41. The van der Waals surface area contributed by atoms with E-state index >= 15 is 0 Å². The molecule has 1 N–H and O–H groups in total. The molecule has 0 aliphatic rings. The fourth-order valence-corrected chi connectivity index (χ4v) is 1.40. The molecule has 1 amide bonds. The summed E-state index contributed by atoms with van der Waals surface area (Å²) < 4.78 is 0. The highest BCUT2D eigenvalue weighted by atomic mass is 32.1. The smallest absolute Gasteiger partial charge is 0.309 e. The molecule has 1 heterocycles. The standard InChI is InChI=1S/C7H8NOS/c9-6-8-4-3-7-2-1-5-10-7/h1-2,5H,3-4H2,(H,8,9). The van der Waals surface area contributed by atoms with Gasteiger partial charge in [-0.1, -0.05) is 6.07 Å². The predicted molar refractivity (Wildman–Crippen MR) is 41.7 cm³/mol. The summed E-state index contributed by atoms with van der Waals surface area (Å²) in [6.07, 6.45) is 2.54. The van der Waals surface area contributed by atoms with E-state index in [2.05, 4.69) is 11.4 Å². The molecule has 0 bridgehead atoms. The van der Waals surface area contributed by atoms with E-state index in [1.54, 1.807) is 17.7 Å². The molecule has 53 valence electrons. The van der Waals surface area contributed by atoms with E-state index < -0.39 is 0 Å². The van der Waals surface area contributed by atoms with Gasteiger partial charge in [0.25, 0.3) is 0 Å². The summed E-state index contributed by atoms with van der Waals surface area (Å²) in [6, 6.07) is 4.06. The van der Waals surface area contributed by atoms with Crippen molar-refractivity contribution in [3.05, 3.63) is 22.4 Å². The van der Waals surface area contributed by atoms with E-state index in [1.165, 1.54) is 4.88 Å². The van der Waals surface area contributed by atoms with Gasteiger partial charge in [-0.25, -0.2) is 0 Å². The molecule has 0 saturated heterocycles. The molecule has 0 saturated carbocycles. The summed E-state index contributed by atoms with van der Waals surface area (Å²) in [4.78, 5) is 11.0. The van der Waals surface area contributed by atoms with Crippen LogP contribution in [0.25, 0.3) is 0 Å². The van der Waals surface area contributed by atoms with Gasteiger partial charge in [-0.2, -0.15) is 0 Å². The molecule has 1 aromatic rings. The highest BCUT2D eigenvalue weighted by Gasteiger charge is 1.90. The highest BCUT2D eigenvalue weighted by Crippen LogP contribution is 2.07. The summed E-state index contributed by atoms with van der Waals surface area (Å²) in [5.74, 6) is 0. The zero-order chi connectivity index (χ0) is 7.23. The van der Waals surface area contributed by atoms with Gasteiger partial charge in [0, 0.05) is 11.4 Å². The van der Waals surface area contributed by atoms with Crippen molar-refractivity contribution < 1.29 is 4.79 Å². The third-order valence-electron chi connectivity index (χ3n) is 1.15. The van der Waals surface area contributed by atoms with Crippen molar-refractivity contribution >= 4 is 17.7 Å². The fourth-order valence-electron chi connectivity index (χ4n) is 0.692. The summed E-state index contributed by atoms with van der Waals surface area (Å²) in [7, 11) is 0. The SMILES string of the molecule is O=[C]NCCc1cccs1. The van der Waals surface area contributed by atoms with Crippen LogP contribution in [0.4, 0.5) is 0 Å². The Hall–Kier alpha value is -0.830. The Bertz CT molecular complexity index is 183. The third-order valence-corrected chi connectivity index (χ3v) is 2.08. The molecule has 1 aromatic heterocycles. The van der Waals surface area contributed by atoms with Gasteiger partial charge >= 0.3 is 6.41 Å². The topological polar surface area (TPSA) is 29.1 Å². The van der Waals surface area contributed by atoms with Crippen LogP contribution in [0.5, 0.6) is 0 Å². The van der Waals surface area contributed by atoms with Crippen LogP contribution in [-0.2, 0) is 11.2 Å². The Kier molecular flexibility index (Phi) is 2.96. The van der Waals surface area contributed by atoms with Crippen LogP contribution in [0.15, 0.2) is 17.5 Å². The van der Waals surface area contributed by atoms with Crippen molar-refractivity contribution in [1.29, 1.82) is 0 Å². The number of thiophene rings is 1. The Morgan fingerprint density at radius 3 is 3.20 bits per heavy atom. The minimum atomic E-state index is 0.685. The first-order chi connectivity index (χ1) is 4.93. The van der Waals surface area contributed by atoms with Crippen molar-refractivity contribution in [3.8, 4) is 0 Å². The molecule has 0 atom stereocenters. The molecule has 0 aliphatic carbocycles. The molecular formula is C7H8NOS. The molecule has 0 aliphatic heterocycles. The van der Waals surface area contributed by atoms with Crippen LogP contribution in [-0.4, -0.2) is 13.0 Å². The molecule has 1 radical (unpaired) electrons. The quantitative estimate of drug-likeness (QED) is 0.507. The first-order valence-electron chi connectivity index (χ1n) is 3.06. The van der Waals surface area contributed by atoms with Crippen molar-refractivity contribution in [3.63, 3.8) is 0 Å². The van der Waals surface area contributed by atoms with E-state index in [0.717, 1.165) is 6.42 Å². The number of amides is 1. The molecular weight excluding hydrogens is 146 g/mol. The maximum Gasteiger partial charge on any atom is 0.309 e. The lowest BCUT2D eigenvalue weighted by Crippen LogP contribution is -2.13. The van der Waals surface area contributed by atoms with E-state index in [1.807, 2.05) is 11.4 Å². The second-order valence-electron chi connectivity index (χ2n) is 1.86. The average molecular weight is 154 g/mol. The van der Waals surface area contributed by atoms with Crippen LogP contribution in [0.1, 0.15) is 4.88 Å². The van der Waals surface area contributed by atoms with Gasteiger partial charge < -0.3 is 5.32 Å². The zero-order valence-electron chi connectivity index (χ0n) is 5.46. The van der Waals surface area contributed by atoms with Gasteiger partial charge in [0.05, 0.1) is 0 Å². The summed E-state index contributed by atoms with van der Waals surface area (Å²) in [5, 5.41) is 4.52. The van der Waals surface area contributed by atoms with Crippen LogP contribution in [0, 0.1) is 0 Å². The number of rotatable bonds is 4. The van der Waals surface area contributed by atoms with Gasteiger partial charge in [0.15, 0.2) is 0 Å². The van der Waals surface area contributed by atoms with Crippen LogP contribution in [0.3, 0.4) is 0 Å². The lowest BCUT2D eigenvalue weighted by atomic mass is 10.3. The molecule has 2 nitrogen and oxygen atoms in total. The lowest BCUT2D eigenvalue weighted by molar-refractivity contribution is 0.542. The Labute approximate surface area is 63.9 Å². The van der Waals surface area contributed by atoms with Crippen molar-refractivity contribution in [2.45, 2.75) is 6.42 Å². The largest absolute Gasteiger partial charge is 0.347 e. The Morgan fingerprint density at radius 1 is 1.70 bits per heavy atom. The van der Waals surface area contributed by atoms with Gasteiger partial charge in [-0.05, 0) is 17.9 Å². The first-order valence-corrected chi connectivity index (χ1v) is 3.94. The van der Waals surface area contributed by atoms with Crippen LogP contribution >= 0.6 is 11.3 Å². The molecule has 0 fully saturated rings. The van der Waals surface area contributed by atoms with E-state index in [0.29, 0.717) is 6.54 Å². The Morgan fingerprint density at radius 2 is 2.60 bits per heavy atom. The fraction of sp³-hybridized carbons (Fsp3) is 0.286. The third kappa shape index (κ3) is 2.19. The number of nitrogens with one attached hydrogen (secondary N) is 1. The van der Waals surface area contributed by atoms with E-state index in [9.17, 15) is 4.79 Å². The van der Waals surface area contributed by atoms with Crippen molar-refractivity contribution in [2.75, 3.05) is 6.54 Å². The number of hydrogen-bond donors (Lipinski definition) is 1. The second kappa shape index (κ2) is 4.06. The summed E-state index contributed by atoms with van der Waals surface area (Å²) >= 11 is 1.70. The minimum Gasteiger partial charge on any atom is -0.347 e. The molecule has 10 heavy (non-hydrogen) atoms. The molecule has 3 heteroatoms. The van der Waals surface area contributed by atoms with E-state index in [4.69, 9.17) is 0 Å². The second-order valence-corrected chi connectivity index (χ2v) is 2.89. The van der Waals surface area contributed by atoms with Gasteiger partial charge in [0.1, 0.15) is 0 Å². The van der Waals surface area contributed by atoms with Crippen molar-refractivity contribution in [1.82, 2.24) is 5.32 Å². The lowest BCUT2D eigenvalue weighted by Gasteiger charge is -1.92. The molecule has 0 aromatic carbocycles. The predicted octanol–water partition coefficient (Wildman–Crippen LogP) is 0.947. The van der Waals surface area contributed by atoms with Gasteiger partial charge in [0.2, 0.25) is 0 Å². The molecule has 0 spiro atoms. The van der Waals surface area contributed by atoms with Crippen LogP contribution in [0.2, 0.25) is 0 Å². The van der Waals surface area contributed by atoms with Crippen LogP contribution < -0.4 is 5.32 Å². The van der Waals surface area contributed by atoms with E-state index in [-0.39, 0.29) is 0 Å².